The molecule has 2 heterocycles. The molecule has 4 heteroatoms. The van der Waals surface area contributed by atoms with E-state index < -0.39 is 0 Å². The molecular formula is C15H20N2O2. The Morgan fingerprint density at radius 2 is 1.89 bits per heavy atom. The van der Waals surface area contributed by atoms with Crippen LogP contribution in [0.1, 0.15) is 41.6 Å². The molecular weight excluding hydrogens is 240 g/mol. The normalized spacial score (nSPS) is 26.3. The standard InChI is InChI=1S/C15H20N2O2/c1-10-6-14(18)16-7-13(10)15(19)17-8-11-4-2-3-5-12(11)9-17/h6-7,11-12H,2-5,8-9H2,1H3,(H,16,18). The van der Waals surface area contributed by atoms with Crippen molar-refractivity contribution in [2.45, 2.75) is 32.6 Å². The lowest BCUT2D eigenvalue weighted by Crippen LogP contribution is -2.30. The van der Waals surface area contributed by atoms with Crippen molar-refractivity contribution in [3.05, 3.63) is 33.7 Å². The zero-order valence-corrected chi connectivity index (χ0v) is 11.3. The summed E-state index contributed by atoms with van der Waals surface area (Å²) in [5, 5.41) is 0. The molecule has 1 saturated carbocycles. The van der Waals surface area contributed by atoms with Crippen molar-refractivity contribution >= 4 is 5.91 Å². The molecule has 2 atom stereocenters. The van der Waals surface area contributed by atoms with Crippen LogP contribution >= 0.6 is 0 Å². The predicted octanol–water partition coefficient (Wildman–Crippen LogP) is 1.95. The molecule has 1 aromatic rings. The van der Waals surface area contributed by atoms with Gasteiger partial charge in [-0.05, 0) is 37.2 Å². The van der Waals surface area contributed by atoms with Crippen LogP contribution in [0.5, 0.6) is 0 Å². The fraction of sp³-hybridized carbons (Fsp3) is 0.600. The van der Waals surface area contributed by atoms with Gasteiger partial charge < -0.3 is 9.88 Å². The predicted molar refractivity (Wildman–Crippen MR) is 73.2 cm³/mol. The second-order valence-corrected chi connectivity index (χ2v) is 5.91. The zero-order chi connectivity index (χ0) is 13.4. The van der Waals surface area contributed by atoms with E-state index in [1.54, 1.807) is 6.20 Å². The Morgan fingerprint density at radius 3 is 2.47 bits per heavy atom. The first kappa shape index (κ1) is 12.5. The van der Waals surface area contributed by atoms with E-state index in [0.29, 0.717) is 17.4 Å². The molecule has 0 radical (unpaired) electrons. The van der Waals surface area contributed by atoms with Crippen LogP contribution < -0.4 is 5.56 Å². The first-order valence-corrected chi connectivity index (χ1v) is 7.14. The molecule has 2 aliphatic rings. The summed E-state index contributed by atoms with van der Waals surface area (Å²) >= 11 is 0. The monoisotopic (exact) mass is 260 g/mol. The van der Waals surface area contributed by atoms with Gasteiger partial charge in [0, 0.05) is 25.4 Å². The van der Waals surface area contributed by atoms with Crippen molar-refractivity contribution < 1.29 is 4.79 Å². The fourth-order valence-corrected chi connectivity index (χ4v) is 3.55. The minimum atomic E-state index is -0.149. The number of carbonyl (C=O) groups is 1. The fourth-order valence-electron chi connectivity index (χ4n) is 3.55. The molecule has 4 nitrogen and oxygen atoms in total. The molecule has 2 unspecified atom stereocenters. The van der Waals surface area contributed by atoms with Gasteiger partial charge in [0.1, 0.15) is 0 Å². The number of hydrogen-bond donors (Lipinski definition) is 1. The number of carbonyl (C=O) groups excluding carboxylic acids is 1. The number of aromatic amines is 1. The Bertz CT molecular complexity index is 535. The summed E-state index contributed by atoms with van der Waals surface area (Å²) in [5.41, 5.74) is 1.26. The highest BCUT2D eigenvalue weighted by atomic mass is 16.2. The van der Waals surface area contributed by atoms with Gasteiger partial charge in [-0.2, -0.15) is 0 Å². The van der Waals surface area contributed by atoms with Crippen LogP contribution in [0.2, 0.25) is 0 Å². The van der Waals surface area contributed by atoms with Crippen LogP contribution in [0, 0.1) is 18.8 Å². The summed E-state index contributed by atoms with van der Waals surface area (Å²) in [6, 6.07) is 1.50. The Hall–Kier alpha value is -1.58. The topological polar surface area (TPSA) is 53.2 Å². The second kappa shape index (κ2) is 4.83. The number of pyridine rings is 1. The summed E-state index contributed by atoms with van der Waals surface area (Å²) in [4.78, 5) is 28.3. The van der Waals surface area contributed by atoms with Crippen LogP contribution in [0.15, 0.2) is 17.1 Å². The number of aromatic nitrogens is 1. The van der Waals surface area contributed by atoms with Gasteiger partial charge in [-0.3, -0.25) is 9.59 Å². The number of nitrogens with one attached hydrogen (secondary N) is 1. The maximum Gasteiger partial charge on any atom is 0.255 e. The van der Waals surface area contributed by atoms with E-state index in [9.17, 15) is 9.59 Å². The highest BCUT2D eigenvalue weighted by Crippen LogP contribution is 2.36. The molecule has 19 heavy (non-hydrogen) atoms. The lowest BCUT2D eigenvalue weighted by Gasteiger charge is -2.22. The van der Waals surface area contributed by atoms with Gasteiger partial charge >= 0.3 is 0 Å². The highest BCUT2D eigenvalue weighted by molar-refractivity contribution is 5.95. The lowest BCUT2D eigenvalue weighted by atomic mass is 9.82. The van der Waals surface area contributed by atoms with E-state index in [2.05, 4.69) is 4.98 Å². The Balaban J connectivity index is 1.79. The van der Waals surface area contributed by atoms with Crippen LogP contribution in [0.4, 0.5) is 0 Å². The quantitative estimate of drug-likeness (QED) is 0.839. The number of H-pyrrole nitrogens is 1. The smallest absolute Gasteiger partial charge is 0.255 e. The number of nitrogens with zero attached hydrogens (tertiary/aromatic N) is 1. The van der Waals surface area contributed by atoms with Crippen LogP contribution in [-0.4, -0.2) is 28.9 Å². The molecule has 1 N–H and O–H groups in total. The van der Waals surface area contributed by atoms with Gasteiger partial charge in [0.25, 0.3) is 5.91 Å². The average molecular weight is 260 g/mol. The van der Waals surface area contributed by atoms with Gasteiger partial charge in [0.2, 0.25) is 5.56 Å². The number of aryl methyl sites for hydroxylation is 1. The third kappa shape index (κ3) is 2.31. The third-order valence-electron chi connectivity index (χ3n) is 4.63. The molecule has 1 amide bonds. The van der Waals surface area contributed by atoms with Crippen molar-refractivity contribution in [1.82, 2.24) is 9.88 Å². The molecule has 2 fully saturated rings. The number of fused-ring (bicyclic) bond motifs is 1. The SMILES string of the molecule is Cc1cc(=O)[nH]cc1C(=O)N1CC2CCCCC2C1. The zero-order valence-electron chi connectivity index (χ0n) is 11.3. The van der Waals surface area contributed by atoms with Crippen molar-refractivity contribution in [1.29, 1.82) is 0 Å². The molecule has 0 spiro atoms. The van der Waals surface area contributed by atoms with Crippen molar-refractivity contribution in [3.63, 3.8) is 0 Å². The molecule has 0 aromatic carbocycles. The number of amides is 1. The second-order valence-electron chi connectivity index (χ2n) is 5.91. The molecule has 1 aliphatic heterocycles. The van der Waals surface area contributed by atoms with E-state index in [1.807, 2.05) is 11.8 Å². The molecule has 1 saturated heterocycles. The Morgan fingerprint density at radius 1 is 1.26 bits per heavy atom. The molecule has 1 aromatic heterocycles. The first-order chi connectivity index (χ1) is 9.15. The minimum Gasteiger partial charge on any atom is -0.338 e. The summed E-state index contributed by atoms with van der Waals surface area (Å²) in [6.45, 7) is 3.61. The number of likely N-dealkylation sites (tertiary alicyclic amines) is 1. The van der Waals surface area contributed by atoms with E-state index in [4.69, 9.17) is 0 Å². The maximum absolute atomic E-state index is 12.5. The van der Waals surface area contributed by atoms with Gasteiger partial charge in [-0.15, -0.1) is 0 Å². The van der Waals surface area contributed by atoms with Gasteiger partial charge in [-0.25, -0.2) is 0 Å². The summed E-state index contributed by atoms with van der Waals surface area (Å²) in [6.07, 6.45) is 6.70. The summed E-state index contributed by atoms with van der Waals surface area (Å²) in [5.74, 6) is 1.46. The van der Waals surface area contributed by atoms with Crippen molar-refractivity contribution in [3.8, 4) is 0 Å². The van der Waals surface area contributed by atoms with Gasteiger partial charge in [-0.1, -0.05) is 12.8 Å². The van der Waals surface area contributed by atoms with Crippen molar-refractivity contribution in [2.24, 2.45) is 11.8 Å². The highest BCUT2D eigenvalue weighted by Gasteiger charge is 2.36. The molecule has 3 rings (SSSR count). The average Bonchev–Trinajstić information content (AvgIpc) is 2.81. The Labute approximate surface area is 112 Å². The van der Waals surface area contributed by atoms with E-state index >= 15 is 0 Å². The maximum atomic E-state index is 12.5. The lowest BCUT2D eigenvalue weighted by molar-refractivity contribution is 0.0783. The third-order valence-corrected chi connectivity index (χ3v) is 4.63. The van der Waals surface area contributed by atoms with Gasteiger partial charge in [0.05, 0.1) is 5.56 Å². The van der Waals surface area contributed by atoms with Crippen molar-refractivity contribution in [2.75, 3.05) is 13.1 Å². The largest absolute Gasteiger partial charge is 0.338 e. The van der Waals surface area contributed by atoms with Gasteiger partial charge in [0.15, 0.2) is 0 Å². The van der Waals surface area contributed by atoms with E-state index in [-0.39, 0.29) is 11.5 Å². The molecule has 0 bridgehead atoms. The number of hydrogen-bond acceptors (Lipinski definition) is 2. The molecule has 102 valence electrons. The first-order valence-electron chi connectivity index (χ1n) is 7.14. The minimum absolute atomic E-state index is 0.0724. The van der Waals surface area contributed by atoms with Crippen LogP contribution in [0.3, 0.4) is 0 Å². The number of rotatable bonds is 1. The van der Waals surface area contributed by atoms with E-state index in [0.717, 1.165) is 18.7 Å². The van der Waals surface area contributed by atoms with E-state index in [1.165, 1.54) is 31.7 Å². The Kier molecular flexibility index (Phi) is 3.17. The van der Waals surface area contributed by atoms with Crippen LogP contribution in [-0.2, 0) is 0 Å². The summed E-state index contributed by atoms with van der Waals surface area (Å²) < 4.78 is 0. The van der Waals surface area contributed by atoms with Crippen LogP contribution in [0.25, 0.3) is 0 Å². The summed E-state index contributed by atoms with van der Waals surface area (Å²) in [7, 11) is 0. The molecule has 1 aliphatic carbocycles.